The summed E-state index contributed by atoms with van der Waals surface area (Å²) in [4.78, 5) is 7.73. The van der Waals surface area contributed by atoms with E-state index < -0.39 is 42.8 Å². The first-order valence-corrected chi connectivity index (χ1v) is 8.96. The molecular weight excluding hydrogens is 449 g/mol. The first kappa shape index (κ1) is 20.5. The molecule has 0 aliphatic carbocycles. The summed E-state index contributed by atoms with van der Waals surface area (Å²) in [5.74, 6) is -0.864. The monoisotopic (exact) mass is 463 g/mol. The topological polar surface area (TPSA) is 60.5 Å². The standard InChI is InChI=1S/C18H15BrF5N3O/c19-15-7-11(3-4-26-15)5-10-1-2-13(21)12(6-10)17(9-20)8-14(18(22,23)24)28-16(25)27-17/h1-4,6-7,14H,5,8-9H2,(H2,25,27)/t14-,17+/m0/s1. The third-order valence-electron chi connectivity index (χ3n) is 4.43. The Labute approximate surface area is 165 Å². The molecule has 2 N–H and O–H groups in total. The zero-order chi connectivity index (χ0) is 20.5. The predicted octanol–water partition coefficient (Wildman–Crippen LogP) is 4.40. The van der Waals surface area contributed by atoms with Crippen molar-refractivity contribution in [2.45, 2.75) is 30.7 Å². The van der Waals surface area contributed by atoms with Gasteiger partial charge in [-0.1, -0.05) is 6.07 Å². The van der Waals surface area contributed by atoms with Crippen LogP contribution in [0.5, 0.6) is 0 Å². The van der Waals surface area contributed by atoms with Crippen LogP contribution < -0.4 is 5.73 Å². The van der Waals surface area contributed by atoms with Crippen LogP contribution in [0.4, 0.5) is 22.0 Å². The van der Waals surface area contributed by atoms with Gasteiger partial charge in [0, 0.05) is 18.2 Å². The minimum absolute atomic E-state index is 0.291. The fraction of sp³-hybridized carbons (Fsp3) is 0.333. The number of aliphatic imine (C=N–C) groups is 1. The highest BCUT2D eigenvalue weighted by atomic mass is 79.9. The van der Waals surface area contributed by atoms with Crippen LogP contribution in [0.15, 0.2) is 46.1 Å². The Balaban J connectivity index is 2.01. The Kier molecular flexibility index (Phi) is 5.60. The van der Waals surface area contributed by atoms with Crippen molar-refractivity contribution in [1.82, 2.24) is 4.98 Å². The van der Waals surface area contributed by atoms with Gasteiger partial charge in [-0.3, -0.25) is 0 Å². The van der Waals surface area contributed by atoms with Crippen LogP contribution in [0.25, 0.3) is 0 Å². The molecule has 0 fully saturated rings. The molecule has 1 aromatic carbocycles. The second kappa shape index (κ2) is 7.65. The summed E-state index contributed by atoms with van der Waals surface area (Å²) in [6.45, 7) is -1.36. The summed E-state index contributed by atoms with van der Waals surface area (Å²) in [5, 5.41) is 0. The van der Waals surface area contributed by atoms with Gasteiger partial charge in [0.2, 0.25) is 0 Å². The molecule has 4 nitrogen and oxygen atoms in total. The molecule has 10 heteroatoms. The lowest BCUT2D eigenvalue weighted by atomic mass is 9.83. The molecule has 1 aliphatic rings. The summed E-state index contributed by atoms with van der Waals surface area (Å²) < 4.78 is 73.1. The van der Waals surface area contributed by atoms with Crippen LogP contribution >= 0.6 is 15.9 Å². The third-order valence-corrected chi connectivity index (χ3v) is 4.86. The Hall–Kier alpha value is -2.23. The summed E-state index contributed by atoms with van der Waals surface area (Å²) in [6.07, 6.45) is -6.16. The minimum atomic E-state index is -4.79. The zero-order valence-corrected chi connectivity index (χ0v) is 15.9. The third kappa shape index (κ3) is 4.26. The van der Waals surface area contributed by atoms with E-state index in [0.717, 1.165) is 11.6 Å². The van der Waals surface area contributed by atoms with Crippen LogP contribution in [0.1, 0.15) is 23.1 Å². The van der Waals surface area contributed by atoms with E-state index in [4.69, 9.17) is 5.73 Å². The summed E-state index contributed by atoms with van der Waals surface area (Å²) >= 11 is 3.24. The van der Waals surface area contributed by atoms with Crippen LogP contribution in [0, 0.1) is 5.82 Å². The van der Waals surface area contributed by atoms with Crippen LogP contribution in [-0.4, -0.2) is 30.0 Å². The van der Waals surface area contributed by atoms with E-state index in [0.29, 0.717) is 16.6 Å². The maximum Gasteiger partial charge on any atom is 0.425 e. The lowest BCUT2D eigenvalue weighted by Crippen LogP contribution is -2.48. The molecule has 0 saturated heterocycles. The Morgan fingerprint density at radius 3 is 2.57 bits per heavy atom. The van der Waals surface area contributed by atoms with E-state index in [1.165, 1.54) is 12.1 Å². The molecule has 2 atom stereocenters. The summed E-state index contributed by atoms with van der Waals surface area (Å²) in [6, 6.07) is 6.54. The normalized spacial score (nSPS) is 22.5. The number of alkyl halides is 4. The zero-order valence-electron chi connectivity index (χ0n) is 14.3. The second-order valence-electron chi connectivity index (χ2n) is 6.45. The first-order chi connectivity index (χ1) is 13.1. The number of ether oxygens (including phenoxy) is 1. The van der Waals surface area contributed by atoms with E-state index in [9.17, 15) is 22.0 Å². The number of rotatable bonds is 4. The van der Waals surface area contributed by atoms with Crippen molar-refractivity contribution in [2.24, 2.45) is 10.7 Å². The lowest BCUT2D eigenvalue weighted by Gasteiger charge is -2.36. The molecule has 0 radical (unpaired) electrons. The van der Waals surface area contributed by atoms with Crippen molar-refractivity contribution >= 4 is 22.0 Å². The highest BCUT2D eigenvalue weighted by molar-refractivity contribution is 9.10. The van der Waals surface area contributed by atoms with Gasteiger partial charge in [-0.25, -0.2) is 18.8 Å². The Morgan fingerprint density at radius 2 is 1.93 bits per heavy atom. The van der Waals surface area contributed by atoms with Gasteiger partial charge in [0.1, 0.15) is 22.6 Å². The maximum absolute atomic E-state index is 14.5. The number of halogens is 6. The van der Waals surface area contributed by atoms with Crippen LogP contribution in [0.3, 0.4) is 0 Å². The Morgan fingerprint density at radius 1 is 1.21 bits per heavy atom. The van der Waals surface area contributed by atoms with Gasteiger partial charge in [-0.05, 0) is 57.7 Å². The number of nitrogens with zero attached hydrogens (tertiary/aromatic N) is 2. The average molecular weight is 464 g/mol. The summed E-state index contributed by atoms with van der Waals surface area (Å²) in [7, 11) is 0. The molecule has 0 saturated carbocycles. The molecule has 150 valence electrons. The molecule has 2 heterocycles. The van der Waals surface area contributed by atoms with E-state index >= 15 is 0 Å². The second-order valence-corrected chi connectivity index (χ2v) is 7.26. The van der Waals surface area contributed by atoms with E-state index in [2.05, 4.69) is 30.6 Å². The number of nitrogens with two attached hydrogens (primary N) is 1. The number of pyridine rings is 1. The van der Waals surface area contributed by atoms with Gasteiger partial charge >= 0.3 is 6.18 Å². The molecule has 0 unspecified atom stereocenters. The highest BCUT2D eigenvalue weighted by Gasteiger charge is 2.52. The molecule has 0 amide bonds. The van der Waals surface area contributed by atoms with Crippen molar-refractivity contribution < 1.29 is 26.7 Å². The van der Waals surface area contributed by atoms with Gasteiger partial charge in [-0.15, -0.1) is 0 Å². The smallest absolute Gasteiger partial charge is 0.425 e. The number of amidine groups is 1. The van der Waals surface area contributed by atoms with E-state index in [1.54, 1.807) is 18.3 Å². The average Bonchev–Trinajstić information content (AvgIpc) is 2.62. The van der Waals surface area contributed by atoms with Crippen LogP contribution in [-0.2, 0) is 16.7 Å². The molecule has 0 bridgehead atoms. The fourth-order valence-corrected chi connectivity index (χ4v) is 3.53. The van der Waals surface area contributed by atoms with Gasteiger partial charge in [-0.2, -0.15) is 13.2 Å². The van der Waals surface area contributed by atoms with Gasteiger partial charge < -0.3 is 10.5 Å². The van der Waals surface area contributed by atoms with Gasteiger partial charge in [0.05, 0.1) is 0 Å². The number of benzene rings is 1. The lowest BCUT2D eigenvalue weighted by molar-refractivity contribution is -0.209. The first-order valence-electron chi connectivity index (χ1n) is 8.17. The van der Waals surface area contributed by atoms with Crippen molar-refractivity contribution in [3.05, 3.63) is 63.6 Å². The molecular formula is C18H15BrF5N3O. The van der Waals surface area contributed by atoms with Crippen molar-refractivity contribution in [1.29, 1.82) is 0 Å². The van der Waals surface area contributed by atoms with Gasteiger partial charge in [0.15, 0.2) is 6.10 Å². The van der Waals surface area contributed by atoms with E-state index in [1.807, 2.05) is 0 Å². The molecule has 0 spiro atoms. The SMILES string of the molecule is NC1=N[C@](CF)(c2cc(Cc3ccnc(Br)c3)ccc2F)C[C@@H](C(F)(F)F)O1. The highest BCUT2D eigenvalue weighted by Crippen LogP contribution is 2.41. The fourth-order valence-electron chi connectivity index (χ4n) is 3.11. The van der Waals surface area contributed by atoms with E-state index in [-0.39, 0.29) is 5.56 Å². The summed E-state index contributed by atoms with van der Waals surface area (Å²) in [5.41, 5.74) is 4.37. The maximum atomic E-state index is 14.5. The number of hydrogen-bond acceptors (Lipinski definition) is 4. The number of hydrogen-bond donors (Lipinski definition) is 1. The Bertz CT molecular complexity index is 905. The van der Waals surface area contributed by atoms with Crippen molar-refractivity contribution in [2.75, 3.05) is 6.67 Å². The molecule has 3 rings (SSSR count). The quantitative estimate of drug-likeness (QED) is 0.539. The molecule has 1 aromatic heterocycles. The molecule has 1 aliphatic heterocycles. The van der Waals surface area contributed by atoms with Gasteiger partial charge in [0.25, 0.3) is 6.02 Å². The molecule has 2 aromatic rings. The van der Waals surface area contributed by atoms with Crippen molar-refractivity contribution in [3.63, 3.8) is 0 Å². The molecule has 28 heavy (non-hydrogen) atoms. The number of aromatic nitrogens is 1. The van der Waals surface area contributed by atoms with Crippen molar-refractivity contribution in [3.8, 4) is 0 Å². The largest absolute Gasteiger partial charge is 0.452 e. The minimum Gasteiger partial charge on any atom is -0.452 e. The van der Waals surface area contributed by atoms with Crippen LogP contribution in [0.2, 0.25) is 0 Å². The predicted molar refractivity (Wildman–Crippen MR) is 96.0 cm³/mol.